The Hall–Kier alpha value is -3.05. The summed E-state index contributed by atoms with van der Waals surface area (Å²) in [6.45, 7) is 0. The third kappa shape index (κ3) is 1.84. The molecule has 0 spiro atoms. The van der Waals surface area contributed by atoms with E-state index in [0.29, 0.717) is 27.5 Å². The van der Waals surface area contributed by atoms with Gasteiger partial charge in [0.2, 0.25) is 0 Å². The van der Waals surface area contributed by atoms with Gasteiger partial charge < -0.3 is 5.32 Å². The van der Waals surface area contributed by atoms with E-state index in [1.165, 1.54) is 0 Å². The Morgan fingerprint density at radius 1 is 0.880 bits per heavy atom. The fourth-order valence-corrected chi connectivity index (χ4v) is 3.99. The van der Waals surface area contributed by atoms with E-state index in [1.54, 1.807) is 12.1 Å². The van der Waals surface area contributed by atoms with Crippen molar-refractivity contribution in [2.45, 2.75) is 5.92 Å². The molecule has 0 saturated heterocycles. The molecule has 0 amide bonds. The number of H-pyrrole nitrogens is 2. The van der Waals surface area contributed by atoms with Gasteiger partial charge in [0.05, 0.1) is 17.2 Å². The molecule has 2 aromatic carbocycles. The number of hydrogen-bond donors (Lipinski definition) is 3. The summed E-state index contributed by atoms with van der Waals surface area (Å²) < 4.78 is 0. The van der Waals surface area contributed by atoms with Gasteiger partial charge in [0.1, 0.15) is 5.82 Å². The number of hydrogen-bond acceptors (Lipinski definition) is 3. The van der Waals surface area contributed by atoms with E-state index in [9.17, 15) is 9.59 Å². The van der Waals surface area contributed by atoms with Gasteiger partial charge in [-0.05, 0) is 11.6 Å². The summed E-state index contributed by atoms with van der Waals surface area (Å²) in [6, 6.07) is 14.8. The number of ketones is 1. The van der Waals surface area contributed by atoms with Gasteiger partial charge in [-0.1, -0.05) is 54.1 Å². The summed E-state index contributed by atoms with van der Waals surface area (Å²) in [7, 11) is 0. The number of allylic oxidation sites excluding steroid dienone is 1. The van der Waals surface area contributed by atoms with Crippen molar-refractivity contribution in [3.63, 3.8) is 0 Å². The minimum absolute atomic E-state index is 0.0748. The van der Waals surface area contributed by atoms with Crippen molar-refractivity contribution < 1.29 is 4.79 Å². The van der Waals surface area contributed by atoms with Gasteiger partial charge in [-0.3, -0.25) is 19.8 Å². The molecular formula is C19H12ClN3O2. The largest absolute Gasteiger partial charge is 0.339 e. The van der Waals surface area contributed by atoms with Crippen molar-refractivity contribution in [2.75, 3.05) is 5.32 Å². The Morgan fingerprint density at radius 3 is 2.40 bits per heavy atom. The van der Waals surface area contributed by atoms with E-state index in [2.05, 4.69) is 15.5 Å². The molecule has 1 atom stereocenters. The molecule has 3 N–H and O–H groups in total. The van der Waals surface area contributed by atoms with Crippen LogP contribution in [-0.2, 0) is 0 Å². The molecule has 0 fully saturated rings. The van der Waals surface area contributed by atoms with Crippen molar-refractivity contribution in [1.29, 1.82) is 0 Å². The number of aromatic amines is 2. The zero-order valence-electron chi connectivity index (χ0n) is 12.9. The van der Waals surface area contributed by atoms with E-state index in [-0.39, 0.29) is 11.3 Å². The molecule has 0 bridgehead atoms. The van der Waals surface area contributed by atoms with Crippen LogP contribution in [0, 0.1) is 0 Å². The average Bonchev–Trinajstić information content (AvgIpc) is 3.14. The summed E-state index contributed by atoms with van der Waals surface area (Å²) in [6.07, 6.45) is 0. The van der Waals surface area contributed by atoms with E-state index in [1.807, 2.05) is 36.4 Å². The minimum Gasteiger partial charge on any atom is -0.339 e. The van der Waals surface area contributed by atoms with E-state index in [4.69, 9.17) is 11.6 Å². The third-order valence-corrected chi connectivity index (χ3v) is 5.16. The SMILES string of the molecule is O=C1C2=C(Nc3[nH][nH]c(=O)c3C2c2ccccc2Cl)c2ccccc21. The molecule has 1 aliphatic heterocycles. The van der Waals surface area contributed by atoms with E-state index >= 15 is 0 Å². The van der Waals surface area contributed by atoms with Crippen LogP contribution in [0.3, 0.4) is 0 Å². The molecule has 5 nitrogen and oxygen atoms in total. The number of carbonyl (C=O) groups is 1. The molecule has 1 aromatic heterocycles. The van der Waals surface area contributed by atoms with Gasteiger partial charge >= 0.3 is 0 Å². The van der Waals surface area contributed by atoms with Crippen LogP contribution in [0.4, 0.5) is 5.82 Å². The molecule has 122 valence electrons. The first-order valence-corrected chi connectivity index (χ1v) is 8.25. The van der Waals surface area contributed by atoms with Gasteiger partial charge in [-0.15, -0.1) is 0 Å². The summed E-state index contributed by atoms with van der Waals surface area (Å²) >= 11 is 6.42. The van der Waals surface area contributed by atoms with Crippen LogP contribution >= 0.6 is 11.6 Å². The zero-order chi connectivity index (χ0) is 17.1. The summed E-state index contributed by atoms with van der Waals surface area (Å²) in [5.41, 5.74) is 3.73. The standard InChI is InChI=1S/C19H12ClN3O2/c20-12-8-4-3-7-11(12)13-14-16(21-18-15(13)19(25)23-22-18)9-5-1-2-6-10(9)17(14)24/h1-8,13H,(H3,21,22,23,25). The topological polar surface area (TPSA) is 77.8 Å². The van der Waals surface area contributed by atoms with Crippen molar-refractivity contribution in [3.8, 4) is 0 Å². The number of Topliss-reactive ketones (excluding diaryl/α,β-unsaturated/α-hetero) is 1. The van der Waals surface area contributed by atoms with Crippen molar-refractivity contribution >= 4 is 28.9 Å². The lowest BCUT2D eigenvalue weighted by molar-refractivity contribution is 0.103. The fraction of sp³-hybridized carbons (Fsp3) is 0.0526. The second-order valence-corrected chi connectivity index (χ2v) is 6.52. The predicted octanol–water partition coefficient (Wildman–Crippen LogP) is 3.52. The summed E-state index contributed by atoms with van der Waals surface area (Å²) in [5, 5.41) is 9.21. The smallest absolute Gasteiger partial charge is 0.270 e. The van der Waals surface area contributed by atoms with Crippen LogP contribution < -0.4 is 10.9 Å². The highest BCUT2D eigenvalue weighted by Crippen LogP contribution is 2.48. The lowest BCUT2D eigenvalue weighted by Crippen LogP contribution is -2.23. The molecule has 5 rings (SSSR count). The zero-order valence-corrected chi connectivity index (χ0v) is 13.6. The number of benzene rings is 2. The maximum atomic E-state index is 13.1. The Kier molecular flexibility index (Phi) is 2.85. The number of halogens is 1. The first-order valence-electron chi connectivity index (χ1n) is 7.87. The first kappa shape index (κ1) is 14.3. The molecule has 0 radical (unpaired) electrons. The number of fused-ring (bicyclic) bond motifs is 3. The van der Waals surface area contributed by atoms with Crippen molar-refractivity contribution in [3.05, 3.63) is 91.7 Å². The Morgan fingerprint density at radius 2 is 1.60 bits per heavy atom. The van der Waals surface area contributed by atoms with Crippen LogP contribution in [0.2, 0.25) is 5.02 Å². The predicted molar refractivity (Wildman–Crippen MR) is 96.0 cm³/mol. The minimum atomic E-state index is -0.519. The van der Waals surface area contributed by atoms with Crippen LogP contribution in [-0.4, -0.2) is 16.0 Å². The maximum absolute atomic E-state index is 13.1. The molecule has 1 aliphatic carbocycles. The maximum Gasteiger partial charge on any atom is 0.270 e. The highest BCUT2D eigenvalue weighted by molar-refractivity contribution is 6.32. The molecule has 3 aromatic rings. The fourth-order valence-electron chi connectivity index (χ4n) is 3.74. The van der Waals surface area contributed by atoms with Gasteiger partial charge in [0.15, 0.2) is 5.78 Å². The number of carbonyl (C=O) groups excluding carboxylic acids is 1. The molecule has 25 heavy (non-hydrogen) atoms. The second-order valence-electron chi connectivity index (χ2n) is 6.11. The normalized spacial score (nSPS) is 17.8. The number of nitrogens with one attached hydrogen (secondary N) is 3. The van der Waals surface area contributed by atoms with E-state index < -0.39 is 5.92 Å². The summed E-state index contributed by atoms with van der Waals surface area (Å²) in [4.78, 5) is 25.5. The number of aromatic nitrogens is 2. The van der Waals surface area contributed by atoms with Gasteiger partial charge in [0.25, 0.3) is 5.56 Å². The third-order valence-electron chi connectivity index (χ3n) is 4.81. The van der Waals surface area contributed by atoms with Gasteiger partial charge in [-0.25, -0.2) is 0 Å². The van der Waals surface area contributed by atoms with Gasteiger partial charge in [-0.2, -0.15) is 0 Å². The highest BCUT2D eigenvalue weighted by atomic mass is 35.5. The van der Waals surface area contributed by atoms with E-state index in [0.717, 1.165) is 16.8 Å². The van der Waals surface area contributed by atoms with Gasteiger partial charge in [0, 0.05) is 21.7 Å². The molecular weight excluding hydrogens is 338 g/mol. The van der Waals surface area contributed by atoms with Crippen LogP contribution in [0.1, 0.15) is 33.0 Å². The molecule has 1 unspecified atom stereocenters. The second kappa shape index (κ2) is 4.97. The molecule has 2 aliphatic rings. The molecule has 2 heterocycles. The highest BCUT2D eigenvalue weighted by Gasteiger charge is 2.42. The van der Waals surface area contributed by atoms with Crippen LogP contribution in [0.15, 0.2) is 58.9 Å². The molecule has 6 heteroatoms. The van der Waals surface area contributed by atoms with Crippen LogP contribution in [0.5, 0.6) is 0 Å². The quantitative estimate of drug-likeness (QED) is 0.629. The lowest BCUT2D eigenvalue weighted by Gasteiger charge is -2.25. The first-order chi connectivity index (χ1) is 12.2. The Bertz CT molecular complexity index is 1140. The lowest BCUT2D eigenvalue weighted by atomic mass is 9.82. The number of anilines is 1. The van der Waals surface area contributed by atoms with Crippen molar-refractivity contribution in [1.82, 2.24) is 10.2 Å². The van der Waals surface area contributed by atoms with Crippen molar-refractivity contribution in [2.24, 2.45) is 0 Å². The monoisotopic (exact) mass is 349 g/mol. The average molecular weight is 350 g/mol. The Balaban J connectivity index is 1.84. The van der Waals surface area contributed by atoms with Crippen LogP contribution in [0.25, 0.3) is 5.70 Å². The Labute approximate surface area is 147 Å². The summed E-state index contributed by atoms with van der Waals surface area (Å²) in [5.74, 6) is -0.0257. The molecule has 0 saturated carbocycles. The number of rotatable bonds is 1.